The van der Waals surface area contributed by atoms with Crippen LogP contribution in [0.15, 0.2) is 30.3 Å². The highest BCUT2D eigenvalue weighted by Gasteiger charge is 2.29. The van der Waals surface area contributed by atoms with Gasteiger partial charge in [-0.05, 0) is 19.4 Å². The van der Waals surface area contributed by atoms with E-state index in [1.165, 1.54) is 5.56 Å². The van der Waals surface area contributed by atoms with Crippen LogP contribution in [0, 0.1) is 0 Å². The first-order chi connectivity index (χ1) is 11.1. The van der Waals surface area contributed by atoms with E-state index >= 15 is 0 Å². The van der Waals surface area contributed by atoms with Crippen molar-refractivity contribution >= 4 is 5.91 Å². The van der Waals surface area contributed by atoms with Gasteiger partial charge in [0.15, 0.2) is 0 Å². The third-order valence-electron chi connectivity index (χ3n) is 4.45. The number of morpholine rings is 2. The smallest absolute Gasteiger partial charge is 0.236 e. The zero-order valence-corrected chi connectivity index (χ0v) is 14.0. The molecule has 2 heterocycles. The summed E-state index contributed by atoms with van der Waals surface area (Å²) >= 11 is 0. The van der Waals surface area contributed by atoms with Crippen LogP contribution in [0.2, 0.25) is 0 Å². The second-order valence-corrected chi connectivity index (χ2v) is 6.56. The average Bonchev–Trinajstić information content (AvgIpc) is 2.55. The molecule has 3 unspecified atom stereocenters. The molecule has 0 radical (unpaired) electrons. The molecule has 0 N–H and O–H groups in total. The molecule has 3 rings (SSSR count). The number of ether oxygens (including phenoxy) is 2. The summed E-state index contributed by atoms with van der Waals surface area (Å²) in [7, 11) is 0. The second-order valence-electron chi connectivity index (χ2n) is 6.56. The Morgan fingerprint density at radius 3 is 2.52 bits per heavy atom. The van der Waals surface area contributed by atoms with Crippen LogP contribution in [0.1, 0.15) is 25.5 Å². The van der Waals surface area contributed by atoms with Gasteiger partial charge in [-0.3, -0.25) is 9.69 Å². The fraction of sp³-hybridized carbons (Fsp3) is 0.611. The van der Waals surface area contributed by atoms with E-state index in [0.717, 1.165) is 13.1 Å². The summed E-state index contributed by atoms with van der Waals surface area (Å²) in [5.41, 5.74) is 1.18. The zero-order chi connectivity index (χ0) is 16.2. The lowest BCUT2D eigenvalue weighted by molar-refractivity contribution is -0.146. The number of carbonyl (C=O) groups is 1. The van der Waals surface area contributed by atoms with Crippen molar-refractivity contribution in [2.45, 2.75) is 32.2 Å². The van der Waals surface area contributed by atoms with Crippen molar-refractivity contribution < 1.29 is 14.3 Å². The molecule has 5 heteroatoms. The summed E-state index contributed by atoms with van der Waals surface area (Å²) in [5.74, 6) is 0.195. The third-order valence-corrected chi connectivity index (χ3v) is 4.45. The van der Waals surface area contributed by atoms with Gasteiger partial charge in [0.25, 0.3) is 0 Å². The molecule has 1 amide bonds. The van der Waals surface area contributed by atoms with Crippen molar-refractivity contribution in [2.75, 3.05) is 39.3 Å². The van der Waals surface area contributed by atoms with Crippen molar-refractivity contribution in [3.05, 3.63) is 35.9 Å². The second kappa shape index (κ2) is 7.43. The Labute approximate surface area is 138 Å². The summed E-state index contributed by atoms with van der Waals surface area (Å²) < 4.78 is 11.6. The lowest BCUT2D eigenvalue weighted by atomic mass is 10.1. The van der Waals surface area contributed by atoms with Gasteiger partial charge in [-0.25, -0.2) is 0 Å². The van der Waals surface area contributed by atoms with Gasteiger partial charge in [-0.2, -0.15) is 0 Å². The normalized spacial score (nSPS) is 29.5. The standard InChI is InChI=1S/C18H26N2O3/c1-14-10-20(11-15(2)23-14)18(21)13-19-8-9-22-17(12-19)16-6-4-3-5-7-16/h3-7,14-15,17H,8-13H2,1-2H3. The first-order valence-electron chi connectivity index (χ1n) is 8.44. The molecule has 5 nitrogen and oxygen atoms in total. The van der Waals surface area contributed by atoms with Gasteiger partial charge >= 0.3 is 0 Å². The number of nitrogens with zero attached hydrogens (tertiary/aromatic N) is 2. The van der Waals surface area contributed by atoms with Crippen LogP contribution < -0.4 is 0 Å². The Morgan fingerprint density at radius 2 is 1.83 bits per heavy atom. The van der Waals surface area contributed by atoms with Gasteiger partial charge in [-0.1, -0.05) is 30.3 Å². The van der Waals surface area contributed by atoms with Gasteiger partial charge in [0, 0.05) is 26.2 Å². The molecule has 0 aliphatic carbocycles. The van der Waals surface area contributed by atoms with Crippen LogP contribution in [-0.4, -0.2) is 67.2 Å². The third kappa shape index (κ3) is 4.31. The predicted molar refractivity (Wildman–Crippen MR) is 88.2 cm³/mol. The van der Waals surface area contributed by atoms with Gasteiger partial charge in [0.1, 0.15) is 0 Å². The number of amides is 1. The van der Waals surface area contributed by atoms with Gasteiger partial charge < -0.3 is 14.4 Å². The van der Waals surface area contributed by atoms with Crippen LogP contribution in [0.4, 0.5) is 0 Å². The summed E-state index contributed by atoms with van der Waals surface area (Å²) in [4.78, 5) is 16.7. The molecule has 0 spiro atoms. The number of benzene rings is 1. The Bertz CT molecular complexity index is 512. The Balaban J connectivity index is 1.56. The number of rotatable bonds is 3. The topological polar surface area (TPSA) is 42.0 Å². The minimum absolute atomic E-state index is 0.0558. The molecule has 0 aromatic heterocycles. The van der Waals surface area contributed by atoms with E-state index in [0.29, 0.717) is 26.2 Å². The van der Waals surface area contributed by atoms with Crippen LogP contribution in [-0.2, 0) is 14.3 Å². The molecular weight excluding hydrogens is 292 g/mol. The van der Waals surface area contributed by atoms with Crippen molar-refractivity contribution in [3.63, 3.8) is 0 Å². The first-order valence-corrected chi connectivity index (χ1v) is 8.44. The minimum atomic E-state index is 0.0558. The summed E-state index contributed by atoms with van der Waals surface area (Å²) in [6, 6.07) is 10.2. The molecule has 2 aliphatic rings. The molecule has 2 fully saturated rings. The van der Waals surface area contributed by atoms with E-state index in [-0.39, 0.29) is 24.2 Å². The van der Waals surface area contributed by atoms with Crippen molar-refractivity contribution in [1.82, 2.24) is 9.80 Å². The Kier molecular flexibility index (Phi) is 5.30. The maximum Gasteiger partial charge on any atom is 0.236 e. The van der Waals surface area contributed by atoms with Crippen molar-refractivity contribution in [2.24, 2.45) is 0 Å². The molecule has 2 saturated heterocycles. The average molecular weight is 318 g/mol. The zero-order valence-electron chi connectivity index (χ0n) is 14.0. The highest BCUT2D eigenvalue weighted by atomic mass is 16.5. The fourth-order valence-electron chi connectivity index (χ4n) is 3.39. The van der Waals surface area contributed by atoms with Crippen LogP contribution in [0.5, 0.6) is 0 Å². The monoisotopic (exact) mass is 318 g/mol. The van der Waals surface area contributed by atoms with Gasteiger partial charge in [-0.15, -0.1) is 0 Å². The van der Waals surface area contributed by atoms with E-state index in [1.54, 1.807) is 0 Å². The molecule has 126 valence electrons. The summed E-state index contributed by atoms with van der Waals surface area (Å²) in [5, 5.41) is 0. The van der Waals surface area contributed by atoms with Crippen molar-refractivity contribution in [1.29, 1.82) is 0 Å². The lowest BCUT2D eigenvalue weighted by Gasteiger charge is -2.38. The minimum Gasteiger partial charge on any atom is -0.372 e. The number of carbonyl (C=O) groups excluding carboxylic acids is 1. The first kappa shape index (κ1) is 16.4. The molecule has 0 bridgehead atoms. The molecule has 1 aromatic carbocycles. The maximum absolute atomic E-state index is 12.6. The largest absolute Gasteiger partial charge is 0.372 e. The lowest BCUT2D eigenvalue weighted by Crippen LogP contribution is -2.52. The van der Waals surface area contributed by atoms with Crippen LogP contribution in [0.25, 0.3) is 0 Å². The van der Waals surface area contributed by atoms with E-state index in [1.807, 2.05) is 36.9 Å². The van der Waals surface area contributed by atoms with Gasteiger partial charge in [0.05, 0.1) is 31.5 Å². The number of hydrogen-bond donors (Lipinski definition) is 0. The molecule has 2 aliphatic heterocycles. The molecular formula is C18H26N2O3. The van der Waals surface area contributed by atoms with E-state index in [9.17, 15) is 4.79 Å². The van der Waals surface area contributed by atoms with Gasteiger partial charge in [0.2, 0.25) is 5.91 Å². The molecule has 1 aromatic rings. The van der Waals surface area contributed by atoms with E-state index in [2.05, 4.69) is 17.0 Å². The number of hydrogen-bond acceptors (Lipinski definition) is 4. The van der Waals surface area contributed by atoms with Crippen LogP contribution in [0.3, 0.4) is 0 Å². The fourth-order valence-corrected chi connectivity index (χ4v) is 3.39. The highest BCUT2D eigenvalue weighted by molar-refractivity contribution is 5.78. The maximum atomic E-state index is 12.6. The predicted octanol–water partition coefficient (Wildman–Crippen LogP) is 1.70. The quantitative estimate of drug-likeness (QED) is 0.851. The van der Waals surface area contributed by atoms with E-state index in [4.69, 9.17) is 9.47 Å². The summed E-state index contributed by atoms with van der Waals surface area (Å²) in [6.07, 6.45) is 0.286. The molecule has 23 heavy (non-hydrogen) atoms. The Morgan fingerprint density at radius 1 is 1.13 bits per heavy atom. The van der Waals surface area contributed by atoms with E-state index < -0.39 is 0 Å². The highest BCUT2D eigenvalue weighted by Crippen LogP contribution is 2.22. The molecule has 0 saturated carbocycles. The van der Waals surface area contributed by atoms with Crippen molar-refractivity contribution in [3.8, 4) is 0 Å². The van der Waals surface area contributed by atoms with Crippen LogP contribution >= 0.6 is 0 Å². The SMILES string of the molecule is CC1CN(C(=O)CN2CCOC(c3ccccc3)C2)CC(C)O1. The molecule has 3 atom stereocenters. The Hall–Kier alpha value is -1.43. The summed E-state index contributed by atoms with van der Waals surface area (Å²) in [6.45, 7) is 8.14.